The molecule has 4 aromatic rings. The molecule has 0 aliphatic carbocycles. The van der Waals surface area contributed by atoms with Crippen molar-refractivity contribution < 1.29 is 18.0 Å². The van der Waals surface area contributed by atoms with Crippen LogP contribution in [0.3, 0.4) is 0 Å². The fraction of sp³-hybridized carbons (Fsp3) is 0. The Labute approximate surface area is 147 Å². The van der Waals surface area contributed by atoms with E-state index in [9.17, 15) is 13.6 Å². The fourth-order valence-corrected chi connectivity index (χ4v) is 2.55. The molecular formula is C20H12F2N2O2. The summed E-state index contributed by atoms with van der Waals surface area (Å²) in [6.07, 6.45) is 0. The zero-order valence-corrected chi connectivity index (χ0v) is 13.4. The number of rotatable bonds is 3. The highest BCUT2D eigenvalue weighted by atomic mass is 19.1. The molecule has 3 aromatic carbocycles. The monoisotopic (exact) mass is 350 g/mol. The number of carbonyl (C=O) groups excluding carboxylic acids is 1. The molecule has 0 radical (unpaired) electrons. The zero-order valence-electron chi connectivity index (χ0n) is 13.4. The first kappa shape index (κ1) is 16.0. The smallest absolute Gasteiger partial charge is 0.255 e. The number of amides is 1. The lowest BCUT2D eigenvalue weighted by Crippen LogP contribution is -2.11. The van der Waals surface area contributed by atoms with Crippen LogP contribution in [0.4, 0.5) is 14.5 Å². The number of nitrogens with one attached hydrogen (secondary N) is 1. The van der Waals surface area contributed by atoms with Gasteiger partial charge in [-0.05, 0) is 60.7 Å². The maximum Gasteiger partial charge on any atom is 0.255 e. The number of aromatic nitrogens is 1. The SMILES string of the molecule is O=C(Nc1ccc2oc(-c3cccc(F)c3)nc2c1)c1ccc(F)cc1. The molecule has 1 heterocycles. The van der Waals surface area contributed by atoms with Crippen LogP contribution in [-0.4, -0.2) is 10.9 Å². The van der Waals surface area contributed by atoms with Gasteiger partial charge in [-0.1, -0.05) is 6.07 Å². The van der Waals surface area contributed by atoms with Crippen LogP contribution >= 0.6 is 0 Å². The molecule has 6 heteroatoms. The molecule has 1 amide bonds. The number of hydrogen-bond donors (Lipinski definition) is 1. The van der Waals surface area contributed by atoms with E-state index in [1.165, 1.54) is 36.4 Å². The molecule has 128 valence electrons. The Morgan fingerprint density at radius 3 is 2.50 bits per heavy atom. The number of hydrogen-bond acceptors (Lipinski definition) is 3. The number of halogens is 2. The van der Waals surface area contributed by atoms with Gasteiger partial charge in [0.2, 0.25) is 5.89 Å². The van der Waals surface area contributed by atoms with Gasteiger partial charge in [-0.2, -0.15) is 0 Å². The topological polar surface area (TPSA) is 55.1 Å². The van der Waals surface area contributed by atoms with E-state index in [-0.39, 0.29) is 11.7 Å². The zero-order chi connectivity index (χ0) is 18.1. The van der Waals surface area contributed by atoms with Gasteiger partial charge in [0.1, 0.15) is 17.2 Å². The summed E-state index contributed by atoms with van der Waals surface area (Å²) >= 11 is 0. The summed E-state index contributed by atoms with van der Waals surface area (Å²) < 4.78 is 31.9. The molecule has 4 rings (SSSR count). The largest absolute Gasteiger partial charge is 0.436 e. The van der Waals surface area contributed by atoms with E-state index in [1.54, 1.807) is 30.3 Å². The second-order valence-electron chi connectivity index (χ2n) is 5.67. The highest BCUT2D eigenvalue weighted by molar-refractivity contribution is 6.04. The van der Waals surface area contributed by atoms with E-state index < -0.39 is 5.82 Å². The number of fused-ring (bicyclic) bond motifs is 1. The first-order valence-electron chi connectivity index (χ1n) is 7.82. The molecule has 0 bridgehead atoms. The van der Waals surface area contributed by atoms with Crippen molar-refractivity contribution in [1.82, 2.24) is 4.98 Å². The Morgan fingerprint density at radius 1 is 0.923 bits per heavy atom. The van der Waals surface area contributed by atoms with Crippen molar-refractivity contribution in [2.45, 2.75) is 0 Å². The molecule has 0 atom stereocenters. The van der Waals surface area contributed by atoms with Gasteiger partial charge in [0.05, 0.1) is 0 Å². The van der Waals surface area contributed by atoms with Crippen LogP contribution in [0.2, 0.25) is 0 Å². The van der Waals surface area contributed by atoms with Crippen LogP contribution in [0.5, 0.6) is 0 Å². The summed E-state index contributed by atoms with van der Waals surface area (Å²) in [6.45, 7) is 0. The van der Waals surface area contributed by atoms with Crippen LogP contribution < -0.4 is 5.32 Å². The average molecular weight is 350 g/mol. The molecule has 1 aromatic heterocycles. The molecular weight excluding hydrogens is 338 g/mol. The molecule has 0 saturated carbocycles. The van der Waals surface area contributed by atoms with Crippen LogP contribution in [0.25, 0.3) is 22.6 Å². The second-order valence-corrected chi connectivity index (χ2v) is 5.67. The predicted molar refractivity (Wildman–Crippen MR) is 93.8 cm³/mol. The summed E-state index contributed by atoms with van der Waals surface area (Å²) in [4.78, 5) is 16.5. The van der Waals surface area contributed by atoms with E-state index in [0.29, 0.717) is 33.8 Å². The molecule has 0 aliphatic rings. The quantitative estimate of drug-likeness (QED) is 0.564. The third-order valence-corrected chi connectivity index (χ3v) is 3.82. The van der Waals surface area contributed by atoms with Gasteiger partial charge in [0.25, 0.3) is 5.91 Å². The van der Waals surface area contributed by atoms with Crippen LogP contribution in [0.1, 0.15) is 10.4 Å². The van der Waals surface area contributed by atoms with E-state index in [0.717, 1.165) is 0 Å². The van der Waals surface area contributed by atoms with Crippen molar-refractivity contribution in [2.24, 2.45) is 0 Å². The maximum atomic E-state index is 13.4. The average Bonchev–Trinajstić information content (AvgIpc) is 3.05. The fourth-order valence-electron chi connectivity index (χ4n) is 2.55. The maximum absolute atomic E-state index is 13.4. The van der Waals surface area contributed by atoms with Crippen molar-refractivity contribution in [1.29, 1.82) is 0 Å². The highest BCUT2D eigenvalue weighted by Gasteiger charge is 2.11. The molecule has 0 spiro atoms. The number of nitrogens with zero attached hydrogens (tertiary/aromatic N) is 1. The predicted octanol–water partition coefficient (Wildman–Crippen LogP) is 5.03. The minimum atomic E-state index is -0.407. The number of carbonyl (C=O) groups is 1. The summed E-state index contributed by atoms with van der Waals surface area (Å²) in [5.74, 6) is -0.854. The minimum Gasteiger partial charge on any atom is -0.436 e. The third-order valence-electron chi connectivity index (χ3n) is 3.82. The van der Waals surface area contributed by atoms with Crippen LogP contribution in [0, 0.1) is 11.6 Å². The Kier molecular flexibility index (Phi) is 3.93. The Bertz CT molecular complexity index is 1100. The van der Waals surface area contributed by atoms with Gasteiger partial charge in [0.15, 0.2) is 5.58 Å². The van der Waals surface area contributed by atoms with Crippen molar-refractivity contribution >= 4 is 22.7 Å². The molecule has 4 nitrogen and oxygen atoms in total. The minimum absolute atomic E-state index is 0.293. The lowest BCUT2D eigenvalue weighted by molar-refractivity contribution is 0.102. The summed E-state index contributed by atoms with van der Waals surface area (Å²) in [5.41, 5.74) is 2.43. The molecule has 1 N–H and O–H groups in total. The van der Waals surface area contributed by atoms with Crippen molar-refractivity contribution in [2.75, 3.05) is 5.32 Å². The molecule has 26 heavy (non-hydrogen) atoms. The standard InChI is InChI=1S/C20H12F2N2O2/c21-14-6-4-12(5-7-14)19(25)23-16-8-9-18-17(11-16)24-20(26-18)13-2-1-3-15(22)10-13/h1-11H,(H,23,25). The Balaban J connectivity index is 1.61. The number of oxazole rings is 1. The third kappa shape index (κ3) is 3.17. The molecule has 0 fully saturated rings. The van der Waals surface area contributed by atoms with Crippen molar-refractivity contribution in [3.05, 3.63) is 83.9 Å². The van der Waals surface area contributed by atoms with Gasteiger partial charge < -0.3 is 9.73 Å². The van der Waals surface area contributed by atoms with Gasteiger partial charge in [-0.25, -0.2) is 13.8 Å². The first-order valence-corrected chi connectivity index (χ1v) is 7.82. The Morgan fingerprint density at radius 2 is 1.73 bits per heavy atom. The lowest BCUT2D eigenvalue weighted by Gasteiger charge is -2.04. The van der Waals surface area contributed by atoms with E-state index in [4.69, 9.17) is 4.42 Å². The van der Waals surface area contributed by atoms with E-state index in [1.807, 2.05) is 0 Å². The Hall–Kier alpha value is -3.54. The first-order chi connectivity index (χ1) is 12.6. The van der Waals surface area contributed by atoms with Gasteiger partial charge >= 0.3 is 0 Å². The van der Waals surface area contributed by atoms with Crippen molar-refractivity contribution in [3.8, 4) is 11.5 Å². The molecule has 0 aliphatic heterocycles. The highest BCUT2D eigenvalue weighted by Crippen LogP contribution is 2.26. The van der Waals surface area contributed by atoms with E-state index in [2.05, 4.69) is 10.3 Å². The lowest BCUT2D eigenvalue weighted by atomic mass is 10.2. The summed E-state index contributed by atoms with van der Waals surface area (Å²) in [6, 6.07) is 16.2. The summed E-state index contributed by atoms with van der Waals surface area (Å²) in [7, 11) is 0. The van der Waals surface area contributed by atoms with Gasteiger partial charge in [-0.3, -0.25) is 4.79 Å². The van der Waals surface area contributed by atoms with Crippen molar-refractivity contribution in [3.63, 3.8) is 0 Å². The number of anilines is 1. The normalized spacial score (nSPS) is 10.8. The molecule has 0 saturated heterocycles. The van der Waals surface area contributed by atoms with Crippen LogP contribution in [0.15, 0.2) is 71.1 Å². The van der Waals surface area contributed by atoms with Gasteiger partial charge in [-0.15, -0.1) is 0 Å². The van der Waals surface area contributed by atoms with Crippen LogP contribution in [-0.2, 0) is 0 Å². The summed E-state index contributed by atoms with van der Waals surface area (Å²) in [5, 5.41) is 2.72. The van der Waals surface area contributed by atoms with Gasteiger partial charge in [0, 0.05) is 16.8 Å². The second kappa shape index (κ2) is 6.40. The molecule has 0 unspecified atom stereocenters. The van der Waals surface area contributed by atoms with E-state index >= 15 is 0 Å². The number of benzene rings is 3.